The maximum atomic E-state index is 14.0. The van der Waals surface area contributed by atoms with Crippen molar-refractivity contribution >= 4 is 11.8 Å². The number of fused-ring (bicyclic) bond motifs is 3. The molecule has 0 saturated carbocycles. The first kappa shape index (κ1) is 29.1. The van der Waals surface area contributed by atoms with Crippen molar-refractivity contribution in [1.82, 2.24) is 15.2 Å². The molecular weight excluding hydrogens is 592 g/mol. The van der Waals surface area contributed by atoms with Crippen molar-refractivity contribution in [2.24, 2.45) is 0 Å². The highest BCUT2D eigenvalue weighted by Crippen LogP contribution is 2.50. The Kier molecular flexibility index (Phi) is 7.15. The zero-order valence-corrected chi connectivity index (χ0v) is 24.6. The molecule has 0 spiro atoms. The molecule has 4 aliphatic rings. The van der Waals surface area contributed by atoms with Gasteiger partial charge in [0.05, 0.1) is 31.0 Å². The molecule has 2 aromatic carbocycles. The summed E-state index contributed by atoms with van der Waals surface area (Å²) in [5.41, 5.74) is 1.01. The monoisotopic (exact) mass is 623 g/mol. The zero-order chi connectivity index (χ0) is 31.3. The van der Waals surface area contributed by atoms with E-state index in [0.29, 0.717) is 61.0 Å². The van der Waals surface area contributed by atoms with Crippen LogP contribution in [-0.2, 0) is 14.9 Å². The smallest absolute Gasteiger partial charge is 0.497 e. The number of carbonyl (C=O) groups excluding carboxylic acids is 2. The van der Waals surface area contributed by atoms with Gasteiger partial charge < -0.3 is 38.6 Å². The number of benzene rings is 2. The van der Waals surface area contributed by atoms with Crippen molar-refractivity contribution in [2.45, 2.75) is 43.6 Å². The number of aromatic nitrogens is 1. The van der Waals surface area contributed by atoms with Crippen LogP contribution in [0.3, 0.4) is 0 Å². The lowest BCUT2D eigenvalue weighted by atomic mass is 9.82. The van der Waals surface area contributed by atoms with Crippen LogP contribution in [0.25, 0.3) is 0 Å². The van der Waals surface area contributed by atoms with Crippen LogP contribution in [0.15, 0.2) is 48.7 Å². The van der Waals surface area contributed by atoms with E-state index in [1.807, 2.05) is 6.07 Å². The van der Waals surface area contributed by atoms with Crippen molar-refractivity contribution in [1.29, 1.82) is 0 Å². The molecule has 3 atom stereocenters. The van der Waals surface area contributed by atoms with E-state index in [0.717, 1.165) is 12.0 Å². The Morgan fingerprint density at radius 3 is 2.62 bits per heavy atom. The van der Waals surface area contributed by atoms with Crippen molar-refractivity contribution in [3.8, 4) is 28.7 Å². The molecule has 1 saturated heterocycles. The van der Waals surface area contributed by atoms with Crippen LogP contribution in [0.5, 0.6) is 28.7 Å². The second-order valence-electron chi connectivity index (χ2n) is 11.6. The lowest BCUT2D eigenvalue weighted by Gasteiger charge is -2.34. The summed E-state index contributed by atoms with van der Waals surface area (Å²) < 4.78 is 59.6. The molecule has 0 radical (unpaired) electrons. The van der Waals surface area contributed by atoms with Crippen molar-refractivity contribution in [3.05, 3.63) is 71.0 Å². The van der Waals surface area contributed by atoms with Gasteiger partial charge in [0, 0.05) is 55.6 Å². The van der Waals surface area contributed by atoms with E-state index in [1.165, 1.54) is 12.1 Å². The van der Waals surface area contributed by atoms with Gasteiger partial charge in [-0.2, -0.15) is 0 Å². The van der Waals surface area contributed by atoms with Crippen LogP contribution in [0, 0.1) is 0 Å². The molecule has 11 nitrogen and oxygen atoms in total. The van der Waals surface area contributed by atoms with E-state index >= 15 is 0 Å². The van der Waals surface area contributed by atoms with Crippen molar-refractivity contribution in [2.75, 3.05) is 40.0 Å². The third-order valence-electron chi connectivity index (χ3n) is 8.61. The van der Waals surface area contributed by atoms with Crippen LogP contribution < -0.4 is 29.0 Å². The molecule has 0 aliphatic carbocycles. The number of halogens is 2. The molecule has 1 aromatic heterocycles. The molecule has 7 rings (SSSR count). The minimum Gasteiger partial charge on any atom is -0.497 e. The maximum absolute atomic E-state index is 14.0. The van der Waals surface area contributed by atoms with E-state index in [9.17, 15) is 18.4 Å². The first-order valence-electron chi connectivity index (χ1n) is 14.7. The van der Waals surface area contributed by atoms with E-state index < -0.39 is 23.9 Å². The Labute approximate surface area is 257 Å². The molecule has 3 aromatic rings. The van der Waals surface area contributed by atoms with Gasteiger partial charge in [-0.1, -0.05) is 0 Å². The van der Waals surface area contributed by atoms with Gasteiger partial charge in [0.15, 0.2) is 11.5 Å². The summed E-state index contributed by atoms with van der Waals surface area (Å²) in [6.07, 6.45) is -1.68. The fraction of sp³-hybridized carbons (Fsp3) is 0.406. The Bertz CT molecular complexity index is 1640. The minimum absolute atomic E-state index is 0.00421. The highest BCUT2D eigenvalue weighted by molar-refractivity contribution is 5.94. The molecule has 1 N–H and O–H groups in total. The van der Waals surface area contributed by atoms with Gasteiger partial charge in [0.1, 0.15) is 35.4 Å². The number of rotatable bonds is 5. The molecule has 13 heteroatoms. The number of carbonyl (C=O) groups is 2. The highest BCUT2D eigenvalue weighted by atomic mass is 19.3. The summed E-state index contributed by atoms with van der Waals surface area (Å²) in [5.74, 6) is 0.573. The van der Waals surface area contributed by atoms with E-state index in [-0.39, 0.29) is 35.7 Å². The predicted molar refractivity (Wildman–Crippen MR) is 153 cm³/mol. The quantitative estimate of drug-likeness (QED) is 0.444. The number of alkyl halides is 2. The number of nitrogens with zero attached hydrogens (tertiary/aromatic N) is 2. The molecule has 4 aliphatic heterocycles. The Hall–Kier alpha value is -4.65. The average Bonchev–Trinajstić information content (AvgIpc) is 3.37. The molecule has 0 unspecified atom stereocenters. The van der Waals surface area contributed by atoms with Gasteiger partial charge in [0.2, 0.25) is 5.91 Å². The third kappa shape index (κ3) is 5.34. The number of amides is 2. The summed E-state index contributed by atoms with van der Waals surface area (Å²) in [6, 6.07) is 11.0. The Balaban J connectivity index is 1.13. The topological polar surface area (TPSA) is 118 Å². The SMILES string of the molecule is COc1ccc2c(c1)O[C@@H](c1ccc(C(=O)N3CCCOCC3)cn1)C[C@H]2NC(=O)[C@@]1(C)COc2cc3c(cc21)OC(F)(F)O3. The predicted octanol–water partition coefficient (Wildman–Crippen LogP) is 4.31. The molecule has 5 heterocycles. The molecule has 0 bridgehead atoms. The summed E-state index contributed by atoms with van der Waals surface area (Å²) >= 11 is 0. The number of nitrogens with one attached hydrogen (secondary N) is 1. The van der Waals surface area contributed by atoms with Gasteiger partial charge in [-0.15, -0.1) is 8.78 Å². The van der Waals surface area contributed by atoms with Gasteiger partial charge in [-0.25, -0.2) is 0 Å². The van der Waals surface area contributed by atoms with Crippen LogP contribution in [0.1, 0.15) is 59.1 Å². The summed E-state index contributed by atoms with van der Waals surface area (Å²) in [6.45, 7) is 3.96. The van der Waals surface area contributed by atoms with Gasteiger partial charge in [-0.3, -0.25) is 14.6 Å². The standard InChI is InChI=1S/C32H31F2N3O8/c1-31(17-42-25-15-28-27(13-21(25)31)44-32(33,34)45-28)30(39)36-23-14-26(43-24-12-19(40-2)5-6-20(23)24)22-7-4-18(16-35-22)29(38)37-8-3-10-41-11-9-37/h4-7,12-13,15-16,23,26H,3,8-11,14,17H2,1-2H3,(H,36,39)/t23-,26-,31+/m1/s1. The van der Waals surface area contributed by atoms with Gasteiger partial charge >= 0.3 is 6.29 Å². The van der Waals surface area contributed by atoms with Crippen LogP contribution >= 0.6 is 0 Å². The lowest BCUT2D eigenvalue weighted by Crippen LogP contribution is -2.46. The summed E-state index contributed by atoms with van der Waals surface area (Å²) in [7, 11) is 1.55. The van der Waals surface area contributed by atoms with E-state index in [1.54, 1.807) is 49.4 Å². The largest absolute Gasteiger partial charge is 0.586 e. The second kappa shape index (κ2) is 11.1. The summed E-state index contributed by atoms with van der Waals surface area (Å²) in [4.78, 5) is 33.4. The van der Waals surface area contributed by atoms with Crippen molar-refractivity contribution < 1.29 is 46.8 Å². The van der Waals surface area contributed by atoms with Crippen LogP contribution in [-0.4, -0.2) is 68.0 Å². The molecule has 236 valence electrons. The van der Waals surface area contributed by atoms with Crippen molar-refractivity contribution in [3.63, 3.8) is 0 Å². The van der Waals surface area contributed by atoms with Gasteiger partial charge in [0.25, 0.3) is 5.91 Å². The van der Waals surface area contributed by atoms with Crippen LogP contribution in [0.2, 0.25) is 0 Å². The first-order valence-corrected chi connectivity index (χ1v) is 14.7. The average molecular weight is 624 g/mol. The van der Waals surface area contributed by atoms with E-state index in [4.69, 9.17) is 18.9 Å². The molecule has 45 heavy (non-hydrogen) atoms. The maximum Gasteiger partial charge on any atom is 0.586 e. The number of hydrogen-bond donors (Lipinski definition) is 1. The zero-order valence-electron chi connectivity index (χ0n) is 24.6. The minimum atomic E-state index is -3.79. The number of hydrogen-bond acceptors (Lipinski definition) is 9. The van der Waals surface area contributed by atoms with E-state index in [2.05, 4.69) is 19.8 Å². The van der Waals surface area contributed by atoms with Gasteiger partial charge in [-0.05, 0) is 43.7 Å². The Morgan fingerprint density at radius 1 is 1.02 bits per heavy atom. The second-order valence-corrected chi connectivity index (χ2v) is 11.6. The molecule has 2 amide bonds. The number of pyridine rings is 1. The fourth-order valence-corrected chi connectivity index (χ4v) is 6.08. The molecule has 1 fully saturated rings. The third-order valence-corrected chi connectivity index (χ3v) is 8.61. The summed E-state index contributed by atoms with van der Waals surface area (Å²) in [5, 5.41) is 3.14. The normalized spacial score (nSPS) is 24.4. The fourth-order valence-electron chi connectivity index (χ4n) is 6.08. The molecular formula is C32H31F2N3O8. The first-order chi connectivity index (χ1) is 21.6. The lowest BCUT2D eigenvalue weighted by molar-refractivity contribution is -0.286. The Morgan fingerprint density at radius 2 is 1.84 bits per heavy atom. The highest BCUT2D eigenvalue weighted by Gasteiger charge is 2.49. The number of ether oxygens (including phenoxy) is 6. The van der Waals surface area contributed by atoms with Crippen LogP contribution in [0.4, 0.5) is 8.78 Å². The number of methoxy groups -OCH3 is 1.